The molecule has 2 heterocycles. The second kappa shape index (κ2) is 7.94. The molecule has 1 aromatic rings. The molecule has 0 bridgehead atoms. The Labute approximate surface area is 143 Å². The van der Waals surface area contributed by atoms with Gasteiger partial charge < -0.3 is 14.7 Å². The van der Waals surface area contributed by atoms with Crippen molar-refractivity contribution in [2.75, 3.05) is 26.7 Å². The third-order valence-corrected chi connectivity index (χ3v) is 5.14. The molecule has 1 aliphatic carbocycles. The predicted molar refractivity (Wildman–Crippen MR) is 90.7 cm³/mol. The molecule has 1 saturated heterocycles. The van der Waals surface area contributed by atoms with Crippen molar-refractivity contribution in [1.82, 2.24) is 14.8 Å². The normalized spacial score (nSPS) is 27.8. The first-order valence-electron chi connectivity index (χ1n) is 8.88. The Morgan fingerprint density at radius 2 is 2.17 bits per heavy atom. The third kappa shape index (κ3) is 4.05. The number of amides is 1. The number of aliphatic hydroxyl groups excluding tert-OH is 1. The van der Waals surface area contributed by atoms with Crippen LogP contribution in [0.15, 0.2) is 24.5 Å². The number of aliphatic hydroxyl groups is 1. The van der Waals surface area contributed by atoms with Gasteiger partial charge in [0, 0.05) is 13.2 Å². The molecule has 0 unspecified atom stereocenters. The van der Waals surface area contributed by atoms with E-state index in [4.69, 9.17) is 4.74 Å². The van der Waals surface area contributed by atoms with E-state index in [1.54, 1.807) is 24.3 Å². The summed E-state index contributed by atoms with van der Waals surface area (Å²) < 4.78 is 5.84. The molecule has 1 N–H and O–H groups in total. The number of nitrogens with zero attached hydrogens (tertiary/aromatic N) is 3. The molecule has 0 spiro atoms. The van der Waals surface area contributed by atoms with Crippen molar-refractivity contribution in [1.29, 1.82) is 0 Å². The second-order valence-electron chi connectivity index (χ2n) is 6.82. The van der Waals surface area contributed by atoms with Crippen molar-refractivity contribution >= 4 is 5.91 Å². The average molecular weight is 333 g/mol. The molecule has 2 fully saturated rings. The van der Waals surface area contributed by atoms with E-state index in [0.717, 1.165) is 25.9 Å². The summed E-state index contributed by atoms with van der Waals surface area (Å²) in [5, 5.41) is 10.6. The van der Waals surface area contributed by atoms with Crippen LogP contribution in [0.4, 0.5) is 0 Å². The molecule has 1 saturated carbocycles. The molecule has 1 aliphatic heterocycles. The van der Waals surface area contributed by atoms with Crippen LogP contribution in [0.3, 0.4) is 0 Å². The van der Waals surface area contributed by atoms with Crippen molar-refractivity contribution in [2.45, 2.75) is 50.4 Å². The Kier molecular flexibility index (Phi) is 5.68. The Morgan fingerprint density at radius 3 is 2.88 bits per heavy atom. The van der Waals surface area contributed by atoms with Crippen LogP contribution in [0, 0.1) is 0 Å². The summed E-state index contributed by atoms with van der Waals surface area (Å²) >= 11 is 0. The zero-order valence-corrected chi connectivity index (χ0v) is 14.3. The van der Waals surface area contributed by atoms with Crippen LogP contribution in [0.5, 0.6) is 5.75 Å². The number of likely N-dealkylation sites (tertiary alicyclic amines) is 1. The number of hydrogen-bond acceptors (Lipinski definition) is 5. The van der Waals surface area contributed by atoms with Crippen molar-refractivity contribution < 1.29 is 14.6 Å². The van der Waals surface area contributed by atoms with E-state index in [1.165, 1.54) is 19.3 Å². The Bertz CT molecular complexity index is 534. The highest BCUT2D eigenvalue weighted by Crippen LogP contribution is 2.28. The lowest BCUT2D eigenvalue weighted by Gasteiger charge is -2.32. The van der Waals surface area contributed by atoms with Crippen molar-refractivity contribution in [3.05, 3.63) is 24.5 Å². The van der Waals surface area contributed by atoms with E-state index in [2.05, 4.69) is 9.88 Å². The lowest BCUT2D eigenvalue weighted by molar-refractivity contribution is -0.135. The van der Waals surface area contributed by atoms with Gasteiger partial charge in [-0.3, -0.25) is 14.7 Å². The monoisotopic (exact) mass is 333 g/mol. The summed E-state index contributed by atoms with van der Waals surface area (Å²) in [6, 6.07) is 3.46. The standard InChI is InChI=1S/C18H27N3O3/c1-20(17(22)13-21-10-3-2-4-11-21)15-7-8-16(18(15)23)24-14-6-5-9-19-12-14/h5-6,9,12,15-16,18,23H,2-4,7-8,10-11,13H2,1H3/t15-,16-,18-/m1/s1. The lowest BCUT2D eigenvalue weighted by Crippen LogP contribution is -2.49. The number of carbonyl (C=O) groups excluding carboxylic acids is 1. The van der Waals surface area contributed by atoms with Gasteiger partial charge in [0.2, 0.25) is 5.91 Å². The highest BCUT2D eigenvalue weighted by Gasteiger charge is 2.40. The Morgan fingerprint density at radius 1 is 1.38 bits per heavy atom. The molecule has 0 aromatic carbocycles. The molecular formula is C18H27N3O3. The summed E-state index contributed by atoms with van der Waals surface area (Å²) in [6.45, 7) is 2.45. The van der Waals surface area contributed by atoms with E-state index in [9.17, 15) is 9.90 Å². The molecular weight excluding hydrogens is 306 g/mol. The number of likely N-dealkylation sites (N-methyl/N-ethyl adjacent to an activating group) is 1. The predicted octanol–water partition coefficient (Wildman–Crippen LogP) is 1.30. The van der Waals surface area contributed by atoms with E-state index in [1.807, 2.05) is 12.1 Å². The zero-order valence-electron chi connectivity index (χ0n) is 14.3. The average Bonchev–Trinajstić information content (AvgIpc) is 2.96. The fourth-order valence-corrected chi connectivity index (χ4v) is 3.67. The molecule has 1 amide bonds. The lowest BCUT2D eigenvalue weighted by atomic mass is 10.1. The maximum Gasteiger partial charge on any atom is 0.236 e. The molecule has 6 nitrogen and oxygen atoms in total. The quantitative estimate of drug-likeness (QED) is 0.880. The van der Waals surface area contributed by atoms with Crippen LogP contribution < -0.4 is 4.74 Å². The third-order valence-electron chi connectivity index (χ3n) is 5.14. The number of carbonyl (C=O) groups is 1. The minimum atomic E-state index is -0.666. The number of ether oxygens (including phenoxy) is 1. The fourth-order valence-electron chi connectivity index (χ4n) is 3.67. The maximum absolute atomic E-state index is 12.5. The molecule has 0 radical (unpaired) electrons. The van der Waals surface area contributed by atoms with Crippen LogP contribution in [-0.4, -0.2) is 70.7 Å². The first-order chi connectivity index (χ1) is 11.6. The highest BCUT2D eigenvalue weighted by atomic mass is 16.5. The van der Waals surface area contributed by atoms with E-state index in [0.29, 0.717) is 12.3 Å². The number of piperidine rings is 1. The fraction of sp³-hybridized carbons (Fsp3) is 0.667. The SMILES string of the molecule is CN(C(=O)CN1CCCCC1)[C@@H]1CC[C@@H](Oc2cccnc2)[C@@H]1O. The van der Waals surface area contributed by atoms with Crippen LogP contribution in [0.2, 0.25) is 0 Å². The van der Waals surface area contributed by atoms with Crippen molar-refractivity contribution in [3.8, 4) is 5.75 Å². The van der Waals surface area contributed by atoms with Gasteiger partial charge in [0.05, 0.1) is 18.8 Å². The largest absolute Gasteiger partial charge is 0.486 e. The minimum absolute atomic E-state index is 0.0861. The summed E-state index contributed by atoms with van der Waals surface area (Å²) in [5.41, 5.74) is 0. The first-order valence-corrected chi connectivity index (χ1v) is 8.88. The number of pyridine rings is 1. The van der Waals surface area contributed by atoms with Gasteiger partial charge in [-0.15, -0.1) is 0 Å². The maximum atomic E-state index is 12.5. The van der Waals surface area contributed by atoms with Gasteiger partial charge in [0.1, 0.15) is 18.0 Å². The van der Waals surface area contributed by atoms with Crippen LogP contribution >= 0.6 is 0 Å². The number of hydrogen-bond donors (Lipinski definition) is 1. The van der Waals surface area contributed by atoms with E-state index in [-0.39, 0.29) is 18.1 Å². The van der Waals surface area contributed by atoms with E-state index < -0.39 is 6.10 Å². The Hall–Kier alpha value is -1.66. The van der Waals surface area contributed by atoms with Gasteiger partial charge in [-0.05, 0) is 50.9 Å². The smallest absolute Gasteiger partial charge is 0.236 e. The number of aromatic nitrogens is 1. The Balaban J connectivity index is 1.53. The van der Waals surface area contributed by atoms with Gasteiger partial charge in [-0.2, -0.15) is 0 Å². The van der Waals surface area contributed by atoms with Gasteiger partial charge in [-0.25, -0.2) is 0 Å². The molecule has 3 atom stereocenters. The zero-order chi connectivity index (χ0) is 16.9. The van der Waals surface area contributed by atoms with Gasteiger partial charge in [0.15, 0.2) is 0 Å². The molecule has 6 heteroatoms. The molecule has 2 aliphatic rings. The summed E-state index contributed by atoms with van der Waals surface area (Å²) in [4.78, 5) is 20.5. The van der Waals surface area contributed by atoms with Gasteiger partial charge >= 0.3 is 0 Å². The summed E-state index contributed by atoms with van der Waals surface area (Å²) in [6.07, 6.45) is 7.48. The van der Waals surface area contributed by atoms with Crippen molar-refractivity contribution in [2.24, 2.45) is 0 Å². The highest BCUT2D eigenvalue weighted by molar-refractivity contribution is 5.78. The van der Waals surface area contributed by atoms with Crippen molar-refractivity contribution in [3.63, 3.8) is 0 Å². The molecule has 24 heavy (non-hydrogen) atoms. The number of rotatable bonds is 5. The van der Waals surface area contributed by atoms with Crippen LogP contribution in [0.25, 0.3) is 0 Å². The van der Waals surface area contributed by atoms with Gasteiger partial charge in [0.25, 0.3) is 0 Å². The first kappa shape index (κ1) is 17.2. The molecule has 132 valence electrons. The topological polar surface area (TPSA) is 65.9 Å². The van der Waals surface area contributed by atoms with Gasteiger partial charge in [-0.1, -0.05) is 6.42 Å². The summed E-state index contributed by atoms with van der Waals surface area (Å²) in [5.74, 6) is 0.743. The summed E-state index contributed by atoms with van der Waals surface area (Å²) in [7, 11) is 1.80. The molecule has 3 rings (SSSR count). The van der Waals surface area contributed by atoms with E-state index >= 15 is 0 Å². The van der Waals surface area contributed by atoms with Crippen LogP contribution in [-0.2, 0) is 4.79 Å². The molecule has 1 aromatic heterocycles. The van der Waals surface area contributed by atoms with Crippen LogP contribution in [0.1, 0.15) is 32.1 Å². The minimum Gasteiger partial charge on any atom is -0.486 e. The second-order valence-corrected chi connectivity index (χ2v) is 6.82.